The summed E-state index contributed by atoms with van der Waals surface area (Å²) in [6, 6.07) is 18.8. The van der Waals surface area contributed by atoms with Gasteiger partial charge in [-0.15, -0.1) is 0 Å². The first-order chi connectivity index (χ1) is 17.4. The van der Waals surface area contributed by atoms with Crippen LogP contribution in [-0.2, 0) is 27.1 Å². The summed E-state index contributed by atoms with van der Waals surface area (Å²) in [5.74, 6) is 0. The van der Waals surface area contributed by atoms with Crippen molar-refractivity contribution in [1.29, 1.82) is 0 Å². The second-order valence-corrected chi connectivity index (χ2v) is 16.8. The maximum atomic E-state index is 7.30. The van der Waals surface area contributed by atoms with Gasteiger partial charge in [-0.2, -0.15) is 0 Å². The maximum absolute atomic E-state index is 7.30. The predicted molar refractivity (Wildman–Crippen MR) is 175 cm³/mol. The number of nitrogens with two attached hydrogens (primary N) is 1. The van der Waals surface area contributed by atoms with Gasteiger partial charge in [-0.05, 0) is 78.2 Å². The van der Waals surface area contributed by atoms with E-state index in [1.54, 1.807) is 0 Å². The van der Waals surface area contributed by atoms with Crippen LogP contribution >= 0.6 is 0 Å². The third-order valence-corrected chi connectivity index (χ3v) is 8.01. The average molecular weight is 526 g/mol. The highest BCUT2D eigenvalue weighted by molar-refractivity contribution is 5.92. The number of nitrogen functional groups attached to an aromatic ring is 1. The Morgan fingerprint density at radius 2 is 0.641 bits per heavy atom. The lowest BCUT2D eigenvalue weighted by Crippen LogP contribution is -2.18. The first-order valence-corrected chi connectivity index (χ1v) is 14.7. The SMILES string of the molecule is CC(C)(C)c1ccc(C(C)(C)C)c(-c2cc(C(C)(C)C)cc(-c3cc(C(C)(C)C)ccc3C(C)(C)C)c2N)c1. The van der Waals surface area contributed by atoms with E-state index in [1.165, 1.54) is 38.9 Å². The molecule has 0 aliphatic rings. The Morgan fingerprint density at radius 1 is 0.359 bits per heavy atom. The maximum Gasteiger partial charge on any atom is 0.0473 e. The van der Waals surface area contributed by atoms with E-state index in [9.17, 15) is 0 Å². The summed E-state index contributed by atoms with van der Waals surface area (Å²) >= 11 is 0. The first-order valence-electron chi connectivity index (χ1n) is 14.7. The topological polar surface area (TPSA) is 26.0 Å². The van der Waals surface area contributed by atoms with E-state index in [-0.39, 0.29) is 27.1 Å². The zero-order valence-corrected chi connectivity index (χ0v) is 27.7. The van der Waals surface area contributed by atoms with Crippen LogP contribution in [0.3, 0.4) is 0 Å². The Labute approximate surface area is 240 Å². The molecule has 1 heteroatoms. The monoisotopic (exact) mass is 525 g/mol. The van der Waals surface area contributed by atoms with Crippen LogP contribution in [-0.4, -0.2) is 0 Å². The van der Waals surface area contributed by atoms with Gasteiger partial charge < -0.3 is 5.73 Å². The molecule has 0 heterocycles. The largest absolute Gasteiger partial charge is 0.398 e. The number of benzene rings is 3. The summed E-state index contributed by atoms with van der Waals surface area (Å²) in [4.78, 5) is 0. The smallest absolute Gasteiger partial charge is 0.0473 e. The van der Waals surface area contributed by atoms with Gasteiger partial charge in [-0.25, -0.2) is 0 Å². The van der Waals surface area contributed by atoms with Gasteiger partial charge in [-0.1, -0.05) is 140 Å². The molecule has 0 fully saturated rings. The van der Waals surface area contributed by atoms with E-state index in [2.05, 4.69) is 152 Å². The van der Waals surface area contributed by atoms with Crippen molar-refractivity contribution in [3.05, 3.63) is 76.3 Å². The summed E-state index contributed by atoms with van der Waals surface area (Å²) in [6.07, 6.45) is 0. The Morgan fingerprint density at radius 3 is 0.897 bits per heavy atom. The van der Waals surface area contributed by atoms with Gasteiger partial charge in [0.05, 0.1) is 0 Å². The van der Waals surface area contributed by atoms with Gasteiger partial charge in [0.2, 0.25) is 0 Å². The molecule has 212 valence electrons. The van der Waals surface area contributed by atoms with Crippen molar-refractivity contribution < 1.29 is 0 Å². The molecule has 3 aromatic rings. The predicted octanol–water partition coefficient (Wildman–Crippen LogP) is 11.1. The van der Waals surface area contributed by atoms with Crippen molar-refractivity contribution >= 4 is 5.69 Å². The van der Waals surface area contributed by atoms with Crippen LogP contribution in [0.5, 0.6) is 0 Å². The number of anilines is 1. The van der Waals surface area contributed by atoms with E-state index in [4.69, 9.17) is 5.73 Å². The van der Waals surface area contributed by atoms with Gasteiger partial charge in [0.15, 0.2) is 0 Å². The molecule has 0 atom stereocenters. The molecule has 3 aromatic carbocycles. The van der Waals surface area contributed by atoms with Gasteiger partial charge in [0, 0.05) is 16.8 Å². The van der Waals surface area contributed by atoms with Crippen molar-refractivity contribution in [2.24, 2.45) is 0 Å². The fourth-order valence-corrected chi connectivity index (χ4v) is 5.31. The van der Waals surface area contributed by atoms with Crippen molar-refractivity contribution in [2.75, 3.05) is 5.73 Å². The zero-order chi connectivity index (χ0) is 29.9. The minimum absolute atomic E-state index is 0.0151. The minimum atomic E-state index is -0.0235. The third-order valence-electron chi connectivity index (χ3n) is 8.01. The van der Waals surface area contributed by atoms with Crippen LogP contribution in [0.15, 0.2) is 48.5 Å². The Bertz CT molecular complexity index is 1250. The Balaban J connectivity index is 2.55. The zero-order valence-electron chi connectivity index (χ0n) is 27.7. The highest BCUT2D eigenvalue weighted by atomic mass is 14.6. The molecule has 0 spiro atoms. The van der Waals surface area contributed by atoms with Gasteiger partial charge in [-0.3, -0.25) is 0 Å². The average Bonchev–Trinajstić information content (AvgIpc) is 2.75. The third kappa shape index (κ3) is 6.62. The number of hydrogen-bond acceptors (Lipinski definition) is 1. The molecule has 0 aromatic heterocycles. The normalized spacial score (nSPS) is 13.6. The lowest BCUT2D eigenvalue weighted by molar-refractivity contribution is 0.577. The summed E-state index contributed by atoms with van der Waals surface area (Å²) < 4.78 is 0. The second kappa shape index (κ2) is 9.83. The van der Waals surface area contributed by atoms with E-state index >= 15 is 0 Å². The molecule has 0 amide bonds. The van der Waals surface area contributed by atoms with Crippen molar-refractivity contribution in [3.8, 4) is 22.3 Å². The molecule has 39 heavy (non-hydrogen) atoms. The lowest BCUT2D eigenvalue weighted by Gasteiger charge is -2.31. The highest BCUT2D eigenvalue weighted by Crippen LogP contribution is 2.46. The molecule has 0 saturated carbocycles. The first kappa shape index (κ1) is 31.0. The van der Waals surface area contributed by atoms with Crippen LogP contribution < -0.4 is 5.73 Å². The fraction of sp³-hybridized carbons (Fsp3) is 0.526. The summed E-state index contributed by atoms with van der Waals surface area (Å²) in [6.45, 7) is 34.5. The Kier molecular flexibility index (Phi) is 7.81. The Hall–Kier alpha value is -2.54. The molecular weight excluding hydrogens is 470 g/mol. The molecule has 0 saturated heterocycles. The quantitative estimate of drug-likeness (QED) is 0.331. The molecule has 0 aliphatic carbocycles. The van der Waals surface area contributed by atoms with Crippen molar-refractivity contribution in [2.45, 2.75) is 131 Å². The molecule has 2 N–H and O–H groups in total. The van der Waals surface area contributed by atoms with E-state index < -0.39 is 0 Å². The van der Waals surface area contributed by atoms with E-state index in [1.807, 2.05) is 0 Å². The second-order valence-electron chi connectivity index (χ2n) is 16.8. The molecule has 3 rings (SSSR count). The van der Waals surface area contributed by atoms with Crippen molar-refractivity contribution in [3.63, 3.8) is 0 Å². The molecule has 0 radical (unpaired) electrons. The number of hydrogen-bond donors (Lipinski definition) is 1. The van der Waals surface area contributed by atoms with Crippen LogP contribution in [0.2, 0.25) is 0 Å². The number of rotatable bonds is 2. The van der Waals surface area contributed by atoms with Gasteiger partial charge >= 0.3 is 0 Å². The minimum Gasteiger partial charge on any atom is -0.398 e. The summed E-state index contributed by atoms with van der Waals surface area (Å²) in [5.41, 5.74) is 19.7. The van der Waals surface area contributed by atoms with Gasteiger partial charge in [0.1, 0.15) is 0 Å². The van der Waals surface area contributed by atoms with Crippen LogP contribution in [0.1, 0.15) is 132 Å². The lowest BCUT2D eigenvalue weighted by atomic mass is 9.74. The van der Waals surface area contributed by atoms with Crippen LogP contribution in [0.25, 0.3) is 22.3 Å². The standard InChI is InChI=1S/C38H55N/c1-34(2,3)24-16-18-31(37(10,11)12)27(20-24)29-22-26(36(7,8)9)23-30(33(29)39)28-21-25(35(4,5)6)17-19-32(28)38(13,14)15/h16-23H,39H2,1-15H3. The summed E-state index contributed by atoms with van der Waals surface area (Å²) in [7, 11) is 0. The molecular formula is C38H55N. The van der Waals surface area contributed by atoms with Gasteiger partial charge in [0.25, 0.3) is 0 Å². The molecule has 0 unspecified atom stereocenters. The van der Waals surface area contributed by atoms with E-state index in [0.717, 1.165) is 16.8 Å². The molecule has 0 aliphatic heterocycles. The molecule has 0 bridgehead atoms. The molecule has 1 nitrogen and oxygen atoms in total. The van der Waals surface area contributed by atoms with E-state index in [0.29, 0.717) is 0 Å². The van der Waals surface area contributed by atoms with Crippen LogP contribution in [0.4, 0.5) is 5.69 Å². The fourth-order valence-electron chi connectivity index (χ4n) is 5.31. The van der Waals surface area contributed by atoms with Crippen LogP contribution in [0, 0.1) is 0 Å². The van der Waals surface area contributed by atoms with Crippen molar-refractivity contribution in [1.82, 2.24) is 0 Å². The highest BCUT2D eigenvalue weighted by Gasteiger charge is 2.28. The summed E-state index contributed by atoms with van der Waals surface area (Å²) in [5, 5.41) is 0.